The number of benzene rings is 1. The molecule has 0 saturated carbocycles. The van der Waals surface area contributed by atoms with Crippen molar-refractivity contribution in [3.05, 3.63) is 64.1 Å². The first kappa shape index (κ1) is 18.9. The normalized spacial score (nSPS) is 11.4. The minimum atomic E-state index is -0.303. The molecule has 0 radical (unpaired) electrons. The smallest absolute Gasteiger partial charge is 0.271 e. The van der Waals surface area contributed by atoms with Crippen LogP contribution in [0.3, 0.4) is 0 Å². The SMILES string of the molecule is CC(N)CCNC(=O)c1ccc(=O)n(Cc2ccccc2)n1.Cl. The van der Waals surface area contributed by atoms with Crippen LogP contribution >= 0.6 is 12.4 Å². The van der Waals surface area contributed by atoms with Gasteiger partial charge in [0, 0.05) is 18.7 Å². The topological polar surface area (TPSA) is 90.0 Å². The minimum absolute atomic E-state index is 0. The van der Waals surface area contributed by atoms with Gasteiger partial charge in [0.25, 0.3) is 11.5 Å². The second-order valence-electron chi connectivity index (χ2n) is 5.22. The quantitative estimate of drug-likeness (QED) is 0.828. The van der Waals surface area contributed by atoms with Crippen LogP contribution in [0.15, 0.2) is 47.3 Å². The Hall–Kier alpha value is -2.18. The van der Waals surface area contributed by atoms with Crippen molar-refractivity contribution in [1.82, 2.24) is 15.1 Å². The zero-order chi connectivity index (χ0) is 15.9. The van der Waals surface area contributed by atoms with E-state index in [9.17, 15) is 9.59 Å². The number of nitrogens with zero attached hydrogens (tertiary/aromatic N) is 2. The van der Waals surface area contributed by atoms with Gasteiger partial charge in [-0.15, -0.1) is 12.4 Å². The van der Waals surface area contributed by atoms with Gasteiger partial charge in [-0.3, -0.25) is 9.59 Å². The second-order valence-corrected chi connectivity index (χ2v) is 5.22. The van der Waals surface area contributed by atoms with Crippen LogP contribution in [-0.4, -0.2) is 28.3 Å². The van der Waals surface area contributed by atoms with Crippen LogP contribution in [-0.2, 0) is 6.54 Å². The highest BCUT2D eigenvalue weighted by Gasteiger charge is 2.09. The van der Waals surface area contributed by atoms with Gasteiger partial charge in [0.05, 0.1) is 6.54 Å². The Morgan fingerprint density at radius 3 is 2.61 bits per heavy atom. The third-order valence-electron chi connectivity index (χ3n) is 3.16. The predicted molar refractivity (Wildman–Crippen MR) is 91.9 cm³/mol. The molecule has 0 fully saturated rings. The molecule has 2 rings (SSSR count). The van der Waals surface area contributed by atoms with Crippen LogP contribution in [0.4, 0.5) is 0 Å². The summed E-state index contributed by atoms with van der Waals surface area (Å²) in [6, 6.07) is 12.3. The highest BCUT2D eigenvalue weighted by atomic mass is 35.5. The van der Waals surface area contributed by atoms with Gasteiger partial charge in [0.1, 0.15) is 5.69 Å². The van der Waals surface area contributed by atoms with Gasteiger partial charge in [0.2, 0.25) is 0 Å². The van der Waals surface area contributed by atoms with Gasteiger partial charge >= 0.3 is 0 Å². The van der Waals surface area contributed by atoms with E-state index in [0.717, 1.165) is 5.56 Å². The lowest BCUT2D eigenvalue weighted by Crippen LogP contribution is -2.32. The molecule has 124 valence electrons. The van der Waals surface area contributed by atoms with Gasteiger partial charge in [0.15, 0.2) is 0 Å². The number of amides is 1. The molecule has 3 N–H and O–H groups in total. The van der Waals surface area contributed by atoms with Crippen LogP contribution in [0.1, 0.15) is 29.4 Å². The summed E-state index contributed by atoms with van der Waals surface area (Å²) >= 11 is 0. The van der Waals surface area contributed by atoms with Gasteiger partial charge in [-0.2, -0.15) is 5.10 Å². The van der Waals surface area contributed by atoms with Crippen molar-refractivity contribution in [2.24, 2.45) is 5.73 Å². The van der Waals surface area contributed by atoms with Gasteiger partial charge < -0.3 is 11.1 Å². The van der Waals surface area contributed by atoms with E-state index in [1.807, 2.05) is 37.3 Å². The van der Waals surface area contributed by atoms with E-state index in [2.05, 4.69) is 10.4 Å². The summed E-state index contributed by atoms with van der Waals surface area (Å²) in [7, 11) is 0. The lowest BCUT2D eigenvalue weighted by Gasteiger charge is -2.09. The first-order valence-electron chi connectivity index (χ1n) is 7.22. The predicted octanol–water partition coefficient (Wildman–Crippen LogP) is 1.18. The van der Waals surface area contributed by atoms with E-state index in [1.165, 1.54) is 16.8 Å². The largest absolute Gasteiger partial charge is 0.351 e. The van der Waals surface area contributed by atoms with Crippen molar-refractivity contribution in [3.63, 3.8) is 0 Å². The Morgan fingerprint density at radius 1 is 1.26 bits per heavy atom. The Balaban J connectivity index is 0.00000264. The zero-order valence-corrected chi connectivity index (χ0v) is 13.8. The number of rotatable bonds is 6. The molecule has 0 aliphatic rings. The molecule has 1 aromatic carbocycles. The van der Waals surface area contributed by atoms with Crippen molar-refractivity contribution in [2.45, 2.75) is 25.9 Å². The van der Waals surface area contributed by atoms with Crippen LogP contribution in [0.25, 0.3) is 0 Å². The molecule has 0 saturated heterocycles. The number of hydrogen-bond acceptors (Lipinski definition) is 4. The lowest BCUT2D eigenvalue weighted by molar-refractivity contribution is 0.0945. The minimum Gasteiger partial charge on any atom is -0.351 e. The second kappa shape index (κ2) is 9.07. The number of halogens is 1. The summed E-state index contributed by atoms with van der Waals surface area (Å²) in [5, 5.41) is 6.87. The van der Waals surface area contributed by atoms with Gasteiger partial charge in [-0.25, -0.2) is 4.68 Å². The fourth-order valence-electron chi connectivity index (χ4n) is 1.94. The summed E-state index contributed by atoms with van der Waals surface area (Å²) < 4.78 is 1.29. The fraction of sp³-hybridized carbons (Fsp3) is 0.312. The Morgan fingerprint density at radius 2 is 1.96 bits per heavy atom. The van der Waals surface area contributed by atoms with Crippen LogP contribution in [0.2, 0.25) is 0 Å². The third-order valence-corrected chi connectivity index (χ3v) is 3.16. The Kier molecular flexibility index (Phi) is 7.44. The van der Waals surface area contributed by atoms with E-state index in [0.29, 0.717) is 19.5 Å². The van der Waals surface area contributed by atoms with Gasteiger partial charge in [-0.05, 0) is 25.0 Å². The highest BCUT2D eigenvalue weighted by molar-refractivity contribution is 5.91. The number of carbonyl (C=O) groups is 1. The Labute approximate surface area is 141 Å². The average molecular weight is 337 g/mol. The first-order valence-corrected chi connectivity index (χ1v) is 7.22. The zero-order valence-electron chi connectivity index (χ0n) is 12.9. The van der Waals surface area contributed by atoms with Crippen LogP contribution < -0.4 is 16.6 Å². The summed E-state index contributed by atoms with van der Waals surface area (Å²) in [4.78, 5) is 23.9. The summed E-state index contributed by atoms with van der Waals surface area (Å²) in [5.41, 5.74) is 6.57. The molecule has 1 unspecified atom stereocenters. The molecule has 1 atom stereocenters. The summed E-state index contributed by atoms with van der Waals surface area (Å²) in [6.45, 7) is 2.70. The summed E-state index contributed by atoms with van der Waals surface area (Å²) in [5.74, 6) is -0.303. The molecule has 0 spiro atoms. The molecule has 6 nitrogen and oxygen atoms in total. The molecule has 7 heteroatoms. The molecule has 0 bridgehead atoms. The fourth-order valence-corrected chi connectivity index (χ4v) is 1.94. The molecule has 1 amide bonds. The molecule has 0 aliphatic heterocycles. The molecule has 23 heavy (non-hydrogen) atoms. The van der Waals surface area contributed by atoms with Crippen LogP contribution in [0.5, 0.6) is 0 Å². The number of nitrogens with two attached hydrogens (primary N) is 1. The number of aromatic nitrogens is 2. The number of nitrogens with one attached hydrogen (secondary N) is 1. The monoisotopic (exact) mass is 336 g/mol. The first-order chi connectivity index (χ1) is 10.6. The maximum Gasteiger partial charge on any atom is 0.271 e. The standard InChI is InChI=1S/C16H20N4O2.ClH/c1-12(17)9-10-18-16(22)14-7-8-15(21)20(19-14)11-13-5-3-2-4-6-13;/h2-8,12H,9-11,17H2,1H3,(H,18,22);1H. The van der Waals surface area contributed by atoms with E-state index in [1.54, 1.807) is 0 Å². The maximum atomic E-state index is 12.0. The number of carbonyl (C=O) groups excluding carboxylic acids is 1. The molecule has 1 heterocycles. The van der Waals surface area contributed by atoms with E-state index in [4.69, 9.17) is 5.73 Å². The maximum absolute atomic E-state index is 12.0. The Bertz CT molecular complexity index is 686. The van der Waals surface area contributed by atoms with E-state index in [-0.39, 0.29) is 35.6 Å². The molecule has 2 aromatic rings. The van der Waals surface area contributed by atoms with E-state index < -0.39 is 0 Å². The molecule has 0 aliphatic carbocycles. The lowest BCUT2D eigenvalue weighted by atomic mass is 10.2. The molecular weight excluding hydrogens is 316 g/mol. The van der Waals surface area contributed by atoms with Crippen molar-refractivity contribution < 1.29 is 4.79 Å². The van der Waals surface area contributed by atoms with Crippen molar-refractivity contribution in [3.8, 4) is 0 Å². The molecular formula is C16H21ClN4O2. The van der Waals surface area contributed by atoms with Gasteiger partial charge in [-0.1, -0.05) is 30.3 Å². The number of hydrogen-bond donors (Lipinski definition) is 2. The molecule has 1 aromatic heterocycles. The van der Waals surface area contributed by atoms with E-state index >= 15 is 0 Å². The van der Waals surface area contributed by atoms with Crippen LogP contribution in [0, 0.1) is 0 Å². The highest BCUT2D eigenvalue weighted by Crippen LogP contribution is 2.00. The average Bonchev–Trinajstić information content (AvgIpc) is 2.50. The van der Waals surface area contributed by atoms with Crippen molar-refractivity contribution in [1.29, 1.82) is 0 Å². The van der Waals surface area contributed by atoms with Crippen molar-refractivity contribution in [2.75, 3.05) is 6.54 Å². The third kappa shape index (κ3) is 5.84. The summed E-state index contributed by atoms with van der Waals surface area (Å²) in [6.07, 6.45) is 0.690. The van der Waals surface area contributed by atoms with Crippen molar-refractivity contribution >= 4 is 18.3 Å².